The van der Waals surface area contributed by atoms with Gasteiger partial charge in [0.2, 0.25) is 0 Å². The summed E-state index contributed by atoms with van der Waals surface area (Å²) in [6.07, 6.45) is 16.8. The van der Waals surface area contributed by atoms with Gasteiger partial charge in [-0.1, -0.05) is 68.0 Å². The highest BCUT2D eigenvalue weighted by Gasteiger charge is 2.29. The molecule has 0 N–H and O–H groups in total. The second kappa shape index (κ2) is 9.12. The van der Waals surface area contributed by atoms with Crippen molar-refractivity contribution < 1.29 is 0 Å². The first kappa shape index (κ1) is 19.5. The van der Waals surface area contributed by atoms with Gasteiger partial charge in [-0.15, -0.1) is 0 Å². The van der Waals surface area contributed by atoms with Gasteiger partial charge < -0.3 is 0 Å². The maximum absolute atomic E-state index is 2.48. The lowest BCUT2D eigenvalue weighted by Gasteiger charge is -2.36. The summed E-state index contributed by atoms with van der Waals surface area (Å²) >= 11 is 0. The van der Waals surface area contributed by atoms with Gasteiger partial charge in [-0.3, -0.25) is 0 Å². The molecule has 2 aromatic carbocycles. The third-order valence-electron chi connectivity index (χ3n) is 7.25. The van der Waals surface area contributed by atoms with E-state index < -0.39 is 0 Å². The summed E-state index contributed by atoms with van der Waals surface area (Å²) in [5.41, 5.74) is 7.45. The topological polar surface area (TPSA) is 0 Å². The van der Waals surface area contributed by atoms with Gasteiger partial charge in [0, 0.05) is 0 Å². The zero-order valence-corrected chi connectivity index (χ0v) is 17.8. The van der Waals surface area contributed by atoms with Crippen LogP contribution in [0.2, 0.25) is 0 Å². The minimum absolute atomic E-state index is 0.850. The Bertz CT molecular complexity index is 787. The average Bonchev–Trinajstić information content (AvgIpc) is 2.75. The van der Waals surface area contributed by atoms with E-state index in [4.69, 9.17) is 0 Å². The van der Waals surface area contributed by atoms with E-state index in [2.05, 4.69) is 68.5 Å². The lowest BCUT2D eigenvalue weighted by molar-refractivity contribution is 0.206. The molecule has 1 unspecified atom stereocenters. The molecule has 0 nitrogen and oxygen atoms in total. The smallest absolute Gasteiger partial charge is 0.0181 e. The number of benzene rings is 2. The van der Waals surface area contributed by atoms with Crippen LogP contribution in [-0.4, -0.2) is 0 Å². The number of hydrogen-bond acceptors (Lipinski definition) is 0. The molecule has 1 saturated carbocycles. The minimum atomic E-state index is 0.850. The average molecular weight is 373 g/mol. The van der Waals surface area contributed by atoms with Crippen molar-refractivity contribution in [1.82, 2.24) is 0 Å². The van der Waals surface area contributed by atoms with Crippen LogP contribution in [0.15, 0.2) is 54.6 Å². The van der Waals surface area contributed by atoms with E-state index >= 15 is 0 Å². The number of hydrogen-bond donors (Lipinski definition) is 0. The highest BCUT2D eigenvalue weighted by Crippen LogP contribution is 2.40. The van der Waals surface area contributed by atoms with Crippen LogP contribution in [0, 0.1) is 17.8 Å². The summed E-state index contributed by atoms with van der Waals surface area (Å²) in [6, 6.07) is 16.5. The van der Waals surface area contributed by atoms with E-state index in [1.54, 1.807) is 11.1 Å². The van der Waals surface area contributed by atoms with Gasteiger partial charge in [-0.2, -0.15) is 0 Å². The van der Waals surface area contributed by atoms with Crippen molar-refractivity contribution in [3.63, 3.8) is 0 Å². The van der Waals surface area contributed by atoms with Crippen molar-refractivity contribution in [2.45, 2.75) is 71.6 Å². The van der Waals surface area contributed by atoms with E-state index in [9.17, 15) is 0 Å². The third kappa shape index (κ3) is 4.43. The van der Waals surface area contributed by atoms with Gasteiger partial charge in [0.05, 0.1) is 0 Å². The van der Waals surface area contributed by atoms with Gasteiger partial charge in [0.15, 0.2) is 0 Å². The zero-order chi connectivity index (χ0) is 19.3. The summed E-state index contributed by atoms with van der Waals surface area (Å²) < 4.78 is 0. The lowest BCUT2D eigenvalue weighted by atomic mass is 9.69. The Kier molecular flexibility index (Phi) is 6.35. The fourth-order valence-electron chi connectivity index (χ4n) is 5.60. The van der Waals surface area contributed by atoms with Crippen molar-refractivity contribution in [2.75, 3.05) is 0 Å². The molecule has 0 aliphatic heterocycles. The molecule has 2 aliphatic carbocycles. The Morgan fingerprint density at radius 3 is 2.29 bits per heavy atom. The van der Waals surface area contributed by atoms with Crippen molar-refractivity contribution in [1.29, 1.82) is 0 Å². The maximum atomic E-state index is 2.48. The van der Waals surface area contributed by atoms with Crippen molar-refractivity contribution in [3.05, 3.63) is 71.3 Å². The van der Waals surface area contributed by atoms with Gasteiger partial charge in [-0.25, -0.2) is 0 Å². The molecule has 0 heteroatoms. The van der Waals surface area contributed by atoms with Crippen LogP contribution >= 0.6 is 0 Å². The van der Waals surface area contributed by atoms with Gasteiger partial charge in [0.25, 0.3) is 0 Å². The molecule has 0 radical (unpaired) electrons. The van der Waals surface area contributed by atoms with Gasteiger partial charge in [0.1, 0.15) is 0 Å². The van der Waals surface area contributed by atoms with Gasteiger partial charge >= 0.3 is 0 Å². The van der Waals surface area contributed by atoms with E-state index in [-0.39, 0.29) is 0 Å². The summed E-state index contributed by atoms with van der Waals surface area (Å²) in [5.74, 6) is 2.72. The number of allylic oxidation sites excluding steroid dienone is 2. The van der Waals surface area contributed by atoms with Crippen molar-refractivity contribution in [2.24, 2.45) is 17.8 Å². The molecule has 4 rings (SSSR count). The molecule has 2 aliphatic rings. The third-order valence-corrected chi connectivity index (χ3v) is 7.25. The molecular formula is C28H36. The first-order valence-electron chi connectivity index (χ1n) is 11.6. The Morgan fingerprint density at radius 2 is 1.57 bits per heavy atom. The van der Waals surface area contributed by atoms with Crippen LogP contribution in [0.1, 0.15) is 69.1 Å². The Labute approximate surface area is 172 Å². The maximum Gasteiger partial charge on any atom is -0.0181 e. The lowest BCUT2D eigenvalue weighted by Crippen LogP contribution is -2.26. The van der Waals surface area contributed by atoms with Crippen LogP contribution < -0.4 is 0 Å². The molecule has 0 saturated heterocycles. The van der Waals surface area contributed by atoms with E-state index in [1.807, 2.05) is 0 Å². The molecule has 0 aromatic heterocycles. The summed E-state index contributed by atoms with van der Waals surface area (Å²) in [5, 5.41) is 0. The molecule has 1 fully saturated rings. The van der Waals surface area contributed by atoms with Crippen LogP contribution in [0.3, 0.4) is 0 Å². The number of aryl methyl sites for hydroxylation is 2. The summed E-state index contributed by atoms with van der Waals surface area (Å²) in [4.78, 5) is 0. The minimum Gasteiger partial charge on any atom is -0.0914 e. The monoisotopic (exact) mass is 372 g/mol. The highest BCUT2D eigenvalue weighted by atomic mass is 14.3. The highest BCUT2D eigenvalue weighted by molar-refractivity contribution is 5.65. The van der Waals surface area contributed by atoms with Crippen LogP contribution in [0.4, 0.5) is 0 Å². The molecule has 0 bridgehead atoms. The second-order valence-corrected chi connectivity index (χ2v) is 9.13. The molecular weight excluding hydrogens is 336 g/mol. The van der Waals surface area contributed by atoms with Crippen LogP contribution in [-0.2, 0) is 19.3 Å². The number of rotatable bonds is 5. The standard InChI is InChI=1S/C28H36/c1-3-5-21-7-11-23(12-8-21)25-15-17-28-20-26(16-18-27(28)19-25)24-13-9-22(6-4-2)10-14-24/h3,5,9-10,13-14,16,18,20-21,23,25H,4,6-8,11-12,15,17,19H2,1-2H3/b5-3+. The molecule has 28 heavy (non-hydrogen) atoms. The zero-order valence-electron chi connectivity index (χ0n) is 17.8. The van der Waals surface area contributed by atoms with E-state index in [1.165, 1.54) is 74.5 Å². The predicted octanol–water partition coefficient (Wildman–Crippen LogP) is 7.79. The van der Waals surface area contributed by atoms with Gasteiger partial charge in [-0.05, 0) is 104 Å². The number of fused-ring (bicyclic) bond motifs is 1. The van der Waals surface area contributed by atoms with Crippen LogP contribution in [0.25, 0.3) is 11.1 Å². The fourth-order valence-corrected chi connectivity index (χ4v) is 5.60. The Morgan fingerprint density at radius 1 is 0.821 bits per heavy atom. The van der Waals surface area contributed by atoms with Crippen molar-refractivity contribution in [3.8, 4) is 11.1 Å². The van der Waals surface area contributed by atoms with Crippen LogP contribution in [0.5, 0.6) is 0 Å². The first-order chi connectivity index (χ1) is 13.8. The molecule has 0 amide bonds. The molecule has 0 spiro atoms. The summed E-state index contributed by atoms with van der Waals surface area (Å²) in [7, 11) is 0. The molecule has 2 aromatic rings. The molecule has 148 valence electrons. The fraction of sp³-hybridized carbons (Fsp3) is 0.500. The Balaban J connectivity index is 1.42. The Hall–Kier alpha value is -1.82. The largest absolute Gasteiger partial charge is 0.0914 e. The second-order valence-electron chi connectivity index (χ2n) is 9.13. The molecule has 1 atom stereocenters. The summed E-state index contributed by atoms with van der Waals surface area (Å²) in [6.45, 7) is 4.41. The van der Waals surface area contributed by atoms with E-state index in [0.29, 0.717) is 0 Å². The van der Waals surface area contributed by atoms with Crippen molar-refractivity contribution >= 4 is 0 Å². The first-order valence-corrected chi connectivity index (χ1v) is 11.6. The van der Waals surface area contributed by atoms with E-state index in [0.717, 1.165) is 17.8 Å². The quantitative estimate of drug-likeness (QED) is 0.470. The predicted molar refractivity (Wildman–Crippen MR) is 122 cm³/mol. The SMILES string of the molecule is C/C=C/C1CCC(C2CCc3cc(-c4ccc(CCC)cc4)ccc3C2)CC1. The molecule has 0 heterocycles. The normalized spacial score (nSPS) is 25.0.